The molecule has 0 saturated carbocycles. The SMILES string of the molecule is Nc1c2c(nc3c1CCC3)CCC2. The van der Waals surface area contributed by atoms with Gasteiger partial charge in [0.1, 0.15) is 0 Å². The predicted molar refractivity (Wildman–Crippen MR) is 52.7 cm³/mol. The molecule has 2 aliphatic carbocycles. The molecule has 2 nitrogen and oxygen atoms in total. The van der Waals surface area contributed by atoms with Crippen molar-refractivity contribution in [1.82, 2.24) is 4.98 Å². The molecule has 2 N–H and O–H groups in total. The van der Waals surface area contributed by atoms with Gasteiger partial charge in [0.05, 0.1) is 0 Å². The minimum Gasteiger partial charge on any atom is -0.398 e. The van der Waals surface area contributed by atoms with Crippen LogP contribution in [-0.4, -0.2) is 4.98 Å². The first-order valence-electron chi connectivity index (χ1n) is 5.15. The number of rotatable bonds is 0. The molecule has 0 spiro atoms. The Hall–Kier alpha value is -1.05. The van der Waals surface area contributed by atoms with Crippen LogP contribution in [0.3, 0.4) is 0 Å². The third kappa shape index (κ3) is 0.916. The maximum absolute atomic E-state index is 6.15. The van der Waals surface area contributed by atoms with E-state index in [1.165, 1.54) is 35.4 Å². The molecule has 1 aromatic heterocycles. The van der Waals surface area contributed by atoms with Gasteiger partial charge >= 0.3 is 0 Å². The summed E-state index contributed by atoms with van der Waals surface area (Å²) >= 11 is 0. The van der Waals surface area contributed by atoms with Crippen LogP contribution in [0.5, 0.6) is 0 Å². The number of nitrogen functional groups attached to an aromatic ring is 1. The molecule has 0 aliphatic heterocycles. The predicted octanol–water partition coefficient (Wildman–Crippen LogP) is 1.64. The summed E-state index contributed by atoms with van der Waals surface area (Å²) in [6, 6.07) is 0. The second-order valence-electron chi connectivity index (χ2n) is 4.08. The van der Waals surface area contributed by atoms with E-state index in [0.717, 1.165) is 31.4 Å². The molecule has 2 heteroatoms. The first-order chi connectivity index (χ1) is 6.36. The van der Waals surface area contributed by atoms with Crippen LogP contribution in [0.1, 0.15) is 35.4 Å². The van der Waals surface area contributed by atoms with E-state index in [1.54, 1.807) is 0 Å². The van der Waals surface area contributed by atoms with Gasteiger partial charge in [0.15, 0.2) is 0 Å². The smallest absolute Gasteiger partial charge is 0.0459 e. The van der Waals surface area contributed by atoms with Gasteiger partial charge in [0, 0.05) is 17.1 Å². The Kier molecular flexibility index (Phi) is 1.40. The van der Waals surface area contributed by atoms with E-state index in [-0.39, 0.29) is 0 Å². The lowest BCUT2D eigenvalue weighted by atomic mass is 10.1. The zero-order chi connectivity index (χ0) is 8.84. The van der Waals surface area contributed by atoms with Crippen LogP contribution in [0.2, 0.25) is 0 Å². The second kappa shape index (κ2) is 2.47. The second-order valence-corrected chi connectivity index (χ2v) is 4.08. The maximum atomic E-state index is 6.15. The molecule has 0 unspecified atom stereocenters. The molecule has 3 rings (SSSR count). The fourth-order valence-corrected chi connectivity index (χ4v) is 2.63. The Labute approximate surface area is 78.2 Å². The first kappa shape index (κ1) is 7.36. The Morgan fingerprint density at radius 3 is 1.92 bits per heavy atom. The molecule has 2 aliphatic rings. The van der Waals surface area contributed by atoms with E-state index < -0.39 is 0 Å². The van der Waals surface area contributed by atoms with Gasteiger partial charge in [-0.2, -0.15) is 0 Å². The molecule has 1 aromatic rings. The zero-order valence-corrected chi connectivity index (χ0v) is 7.77. The van der Waals surface area contributed by atoms with Gasteiger partial charge in [-0.3, -0.25) is 4.98 Å². The number of nitrogens with zero attached hydrogens (tertiary/aromatic N) is 1. The number of hydrogen-bond donors (Lipinski definition) is 1. The average Bonchev–Trinajstić information content (AvgIpc) is 2.71. The van der Waals surface area contributed by atoms with Crippen molar-refractivity contribution in [2.24, 2.45) is 0 Å². The topological polar surface area (TPSA) is 38.9 Å². The number of anilines is 1. The minimum absolute atomic E-state index is 1.08. The quantitative estimate of drug-likeness (QED) is 0.649. The molecular weight excluding hydrogens is 160 g/mol. The normalized spacial score (nSPS) is 18.8. The van der Waals surface area contributed by atoms with E-state index in [1.807, 2.05) is 0 Å². The summed E-state index contributed by atoms with van der Waals surface area (Å²) in [5, 5.41) is 0. The van der Waals surface area contributed by atoms with Crippen molar-refractivity contribution in [2.75, 3.05) is 5.73 Å². The van der Waals surface area contributed by atoms with Crippen LogP contribution in [0.25, 0.3) is 0 Å². The van der Waals surface area contributed by atoms with Crippen LogP contribution < -0.4 is 5.73 Å². The van der Waals surface area contributed by atoms with Gasteiger partial charge in [-0.15, -0.1) is 0 Å². The molecule has 0 amide bonds. The monoisotopic (exact) mass is 174 g/mol. The number of pyridine rings is 1. The molecule has 1 heterocycles. The molecule has 0 radical (unpaired) electrons. The van der Waals surface area contributed by atoms with E-state index >= 15 is 0 Å². The van der Waals surface area contributed by atoms with Crippen molar-refractivity contribution in [3.63, 3.8) is 0 Å². The number of nitrogens with two attached hydrogens (primary N) is 1. The zero-order valence-electron chi connectivity index (χ0n) is 7.77. The Bertz CT molecular complexity index is 337. The van der Waals surface area contributed by atoms with Gasteiger partial charge in [0.2, 0.25) is 0 Å². The van der Waals surface area contributed by atoms with E-state index in [2.05, 4.69) is 0 Å². The fourth-order valence-electron chi connectivity index (χ4n) is 2.63. The largest absolute Gasteiger partial charge is 0.398 e. The summed E-state index contributed by atoms with van der Waals surface area (Å²) in [7, 11) is 0. The lowest BCUT2D eigenvalue weighted by Gasteiger charge is -2.08. The van der Waals surface area contributed by atoms with Crippen molar-refractivity contribution < 1.29 is 0 Å². The van der Waals surface area contributed by atoms with Crippen LogP contribution in [-0.2, 0) is 25.7 Å². The van der Waals surface area contributed by atoms with Crippen LogP contribution in [0.15, 0.2) is 0 Å². The summed E-state index contributed by atoms with van der Waals surface area (Å²) in [6.07, 6.45) is 7.09. The number of hydrogen-bond acceptors (Lipinski definition) is 2. The standard InChI is InChI=1S/C11H14N2/c12-11-7-3-1-5-9(7)13-10-6-2-4-8(10)11/h1-6H2,(H2,12,13). The lowest BCUT2D eigenvalue weighted by molar-refractivity contribution is 0.873. The molecule has 68 valence electrons. The van der Waals surface area contributed by atoms with Gasteiger partial charge in [0.25, 0.3) is 0 Å². The molecular formula is C11H14N2. The molecule has 0 fully saturated rings. The summed E-state index contributed by atoms with van der Waals surface area (Å²) in [5.74, 6) is 0. The summed E-state index contributed by atoms with van der Waals surface area (Å²) < 4.78 is 0. The lowest BCUT2D eigenvalue weighted by Crippen LogP contribution is -2.03. The molecule has 0 atom stereocenters. The average molecular weight is 174 g/mol. The third-order valence-corrected chi connectivity index (χ3v) is 3.30. The van der Waals surface area contributed by atoms with Crippen molar-refractivity contribution in [3.8, 4) is 0 Å². The third-order valence-electron chi connectivity index (χ3n) is 3.30. The minimum atomic E-state index is 1.08. The highest BCUT2D eigenvalue weighted by molar-refractivity contribution is 5.59. The number of fused-ring (bicyclic) bond motifs is 2. The Morgan fingerprint density at radius 1 is 0.846 bits per heavy atom. The number of aromatic nitrogens is 1. The van der Waals surface area contributed by atoms with Crippen molar-refractivity contribution >= 4 is 5.69 Å². The van der Waals surface area contributed by atoms with Crippen LogP contribution in [0, 0.1) is 0 Å². The highest BCUT2D eigenvalue weighted by Crippen LogP contribution is 2.34. The van der Waals surface area contributed by atoms with Crippen molar-refractivity contribution in [2.45, 2.75) is 38.5 Å². The first-order valence-corrected chi connectivity index (χ1v) is 5.15. The molecule has 0 saturated heterocycles. The number of aryl methyl sites for hydroxylation is 2. The molecule has 13 heavy (non-hydrogen) atoms. The molecule has 0 aromatic carbocycles. The highest BCUT2D eigenvalue weighted by Gasteiger charge is 2.23. The van der Waals surface area contributed by atoms with Crippen LogP contribution >= 0.6 is 0 Å². The highest BCUT2D eigenvalue weighted by atomic mass is 14.8. The van der Waals surface area contributed by atoms with E-state index in [4.69, 9.17) is 10.7 Å². The van der Waals surface area contributed by atoms with Gasteiger partial charge in [-0.25, -0.2) is 0 Å². The van der Waals surface area contributed by atoms with Gasteiger partial charge in [-0.1, -0.05) is 0 Å². The van der Waals surface area contributed by atoms with Gasteiger partial charge < -0.3 is 5.73 Å². The van der Waals surface area contributed by atoms with Crippen molar-refractivity contribution in [3.05, 3.63) is 22.5 Å². The van der Waals surface area contributed by atoms with E-state index in [0.29, 0.717) is 0 Å². The Balaban J connectivity index is 2.26. The fraction of sp³-hybridized carbons (Fsp3) is 0.545. The maximum Gasteiger partial charge on any atom is 0.0459 e. The Morgan fingerprint density at radius 2 is 1.38 bits per heavy atom. The summed E-state index contributed by atoms with van der Waals surface area (Å²) in [6.45, 7) is 0. The summed E-state index contributed by atoms with van der Waals surface area (Å²) in [5.41, 5.74) is 12.5. The van der Waals surface area contributed by atoms with E-state index in [9.17, 15) is 0 Å². The van der Waals surface area contributed by atoms with Crippen LogP contribution in [0.4, 0.5) is 5.69 Å². The summed E-state index contributed by atoms with van der Waals surface area (Å²) in [4.78, 5) is 4.71. The van der Waals surface area contributed by atoms with Crippen molar-refractivity contribution in [1.29, 1.82) is 0 Å². The molecule has 0 bridgehead atoms. The van der Waals surface area contributed by atoms with Gasteiger partial charge in [-0.05, 0) is 49.7 Å².